The van der Waals surface area contributed by atoms with Crippen LogP contribution in [0, 0.1) is 0 Å². The van der Waals surface area contributed by atoms with Gasteiger partial charge in [0.15, 0.2) is 0 Å². The van der Waals surface area contributed by atoms with Gasteiger partial charge in [-0.2, -0.15) is 13.1 Å². The molecule has 0 bridgehead atoms. The Balaban J connectivity index is 1.59. The van der Waals surface area contributed by atoms with Gasteiger partial charge in [-0.15, -0.1) is 0 Å². The highest BCUT2D eigenvalue weighted by atomic mass is 32.2. The van der Waals surface area contributed by atoms with Gasteiger partial charge < -0.3 is 10.1 Å². The zero-order chi connectivity index (χ0) is 19.3. The monoisotopic (exact) mass is 397 g/mol. The highest BCUT2D eigenvalue weighted by molar-refractivity contribution is 7.89. The van der Waals surface area contributed by atoms with Crippen LogP contribution < -0.4 is 10.1 Å². The van der Waals surface area contributed by atoms with Crippen molar-refractivity contribution in [1.82, 2.24) is 9.29 Å². The first-order valence-corrected chi connectivity index (χ1v) is 10.1. The maximum atomic E-state index is 12.6. The molecule has 0 atom stereocenters. The highest BCUT2D eigenvalue weighted by Crippen LogP contribution is 2.21. The van der Waals surface area contributed by atoms with Crippen LogP contribution in [0.3, 0.4) is 0 Å². The third-order valence-corrected chi connectivity index (χ3v) is 6.22. The molecule has 1 aliphatic heterocycles. The van der Waals surface area contributed by atoms with Gasteiger partial charge in [0.25, 0.3) is 0 Å². The number of hydrogen-bond acceptors (Lipinski definition) is 5. The molecule has 1 fully saturated rings. The van der Waals surface area contributed by atoms with Gasteiger partial charge >= 0.3 is 6.61 Å². The van der Waals surface area contributed by atoms with Crippen molar-refractivity contribution in [2.24, 2.45) is 0 Å². The Kier molecular flexibility index (Phi) is 6.22. The van der Waals surface area contributed by atoms with Crippen LogP contribution in [-0.4, -0.2) is 37.4 Å². The van der Waals surface area contributed by atoms with Gasteiger partial charge in [0, 0.05) is 19.6 Å². The lowest BCUT2D eigenvalue weighted by Gasteiger charge is -2.25. The van der Waals surface area contributed by atoms with Crippen molar-refractivity contribution in [3.8, 4) is 5.75 Å². The number of rotatable bonds is 7. The van der Waals surface area contributed by atoms with Crippen LogP contribution in [0.1, 0.15) is 24.8 Å². The summed E-state index contributed by atoms with van der Waals surface area (Å²) in [5.41, 5.74) is 0.877. The molecule has 1 saturated heterocycles. The lowest BCUT2D eigenvalue weighted by Crippen LogP contribution is -2.35. The molecule has 0 radical (unpaired) electrons. The van der Waals surface area contributed by atoms with E-state index in [-0.39, 0.29) is 5.75 Å². The minimum absolute atomic E-state index is 0.0113. The minimum atomic E-state index is -3.44. The molecule has 3 rings (SSSR count). The van der Waals surface area contributed by atoms with Crippen molar-refractivity contribution in [2.45, 2.75) is 37.3 Å². The molecule has 0 amide bonds. The lowest BCUT2D eigenvalue weighted by molar-refractivity contribution is -0.0500. The Bertz CT molecular complexity index is 837. The van der Waals surface area contributed by atoms with E-state index in [1.165, 1.54) is 22.6 Å². The fourth-order valence-electron chi connectivity index (χ4n) is 2.88. The van der Waals surface area contributed by atoms with E-state index in [2.05, 4.69) is 15.0 Å². The minimum Gasteiger partial charge on any atom is -0.433 e. The molecule has 2 aromatic rings. The van der Waals surface area contributed by atoms with E-state index in [9.17, 15) is 17.2 Å². The Labute approximate surface area is 157 Å². The molecule has 1 N–H and O–H groups in total. The fraction of sp³-hybridized carbons (Fsp3) is 0.389. The number of aromatic nitrogens is 1. The molecule has 1 aromatic carbocycles. The number of benzene rings is 1. The molecule has 27 heavy (non-hydrogen) atoms. The number of ether oxygens (including phenoxy) is 1. The summed E-state index contributed by atoms with van der Waals surface area (Å²) in [6.45, 7) is -1.32. The maximum absolute atomic E-state index is 12.6. The van der Waals surface area contributed by atoms with Crippen LogP contribution in [0.25, 0.3) is 0 Å². The third-order valence-electron chi connectivity index (χ3n) is 4.31. The molecule has 6 nitrogen and oxygen atoms in total. The molecule has 2 heterocycles. The van der Waals surface area contributed by atoms with Crippen LogP contribution in [0.4, 0.5) is 14.6 Å². The molecule has 0 saturated carbocycles. The third kappa shape index (κ3) is 5.14. The van der Waals surface area contributed by atoms with Gasteiger partial charge in [-0.1, -0.05) is 18.6 Å². The van der Waals surface area contributed by atoms with Crippen molar-refractivity contribution in [1.29, 1.82) is 0 Å². The molecule has 1 aromatic heterocycles. The van der Waals surface area contributed by atoms with Crippen molar-refractivity contribution in [2.75, 3.05) is 18.4 Å². The van der Waals surface area contributed by atoms with Gasteiger partial charge in [-0.05, 0) is 42.7 Å². The second-order valence-corrected chi connectivity index (χ2v) is 8.16. The SMILES string of the molecule is O=S(=O)(c1ccc(CNc2ccc(OC(F)F)cn2)cc1)N1CCCCC1. The summed E-state index contributed by atoms with van der Waals surface area (Å²) in [5.74, 6) is 0.490. The standard InChI is InChI=1S/C18H21F2N3O3S/c19-18(20)26-15-6-9-17(22-13-15)21-12-14-4-7-16(8-5-14)27(24,25)23-10-2-1-3-11-23/h4-9,13,18H,1-3,10-12H2,(H,21,22). The van der Waals surface area contributed by atoms with Crippen molar-refractivity contribution in [3.05, 3.63) is 48.2 Å². The van der Waals surface area contributed by atoms with Gasteiger partial charge in [0.1, 0.15) is 11.6 Å². The summed E-state index contributed by atoms with van der Waals surface area (Å²) in [4.78, 5) is 4.28. The summed E-state index contributed by atoms with van der Waals surface area (Å²) in [6, 6.07) is 9.64. The number of sulfonamides is 1. The maximum Gasteiger partial charge on any atom is 0.387 e. The average molecular weight is 397 g/mol. The Morgan fingerprint density at radius 3 is 2.37 bits per heavy atom. The smallest absolute Gasteiger partial charge is 0.387 e. The molecule has 0 spiro atoms. The average Bonchev–Trinajstić information content (AvgIpc) is 2.68. The van der Waals surface area contributed by atoms with E-state index < -0.39 is 16.6 Å². The molecular weight excluding hydrogens is 376 g/mol. The number of halogens is 2. The number of anilines is 1. The highest BCUT2D eigenvalue weighted by Gasteiger charge is 2.25. The summed E-state index contributed by atoms with van der Waals surface area (Å²) >= 11 is 0. The van der Waals surface area contributed by atoms with E-state index >= 15 is 0 Å². The number of nitrogens with zero attached hydrogens (tertiary/aromatic N) is 2. The van der Waals surface area contributed by atoms with Crippen molar-refractivity contribution in [3.63, 3.8) is 0 Å². The zero-order valence-electron chi connectivity index (χ0n) is 14.6. The summed E-state index contributed by atoms with van der Waals surface area (Å²) in [7, 11) is -3.44. The number of hydrogen-bond donors (Lipinski definition) is 1. The van der Waals surface area contributed by atoms with Gasteiger partial charge in [0.05, 0.1) is 11.1 Å². The molecule has 146 valence electrons. The number of piperidine rings is 1. The molecular formula is C18H21F2N3O3S. The van der Waals surface area contributed by atoms with Crippen LogP contribution in [-0.2, 0) is 16.6 Å². The van der Waals surface area contributed by atoms with Crippen LogP contribution in [0.5, 0.6) is 5.75 Å². The topological polar surface area (TPSA) is 71.5 Å². The van der Waals surface area contributed by atoms with Gasteiger partial charge in [-0.3, -0.25) is 0 Å². The Hall–Kier alpha value is -2.26. The van der Waals surface area contributed by atoms with Crippen LogP contribution >= 0.6 is 0 Å². The van der Waals surface area contributed by atoms with Crippen LogP contribution in [0.2, 0.25) is 0 Å². The summed E-state index contributed by atoms with van der Waals surface area (Å²) in [5, 5.41) is 3.05. The predicted octanol–water partition coefficient (Wildman–Crippen LogP) is 3.47. The fourth-order valence-corrected chi connectivity index (χ4v) is 4.40. The molecule has 0 aliphatic carbocycles. The first-order chi connectivity index (χ1) is 12.9. The molecule has 0 unspecified atom stereocenters. The van der Waals surface area contributed by atoms with E-state index in [1.807, 2.05) is 0 Å². The van der Waals surface area contributed by atoms with Crippen molar-refractivity contribution < 1.29 is 21.9 Å². The molecule has 1 aliphatic rings. The number of alkyl halides is 2. The first kappa shape index (κ1) is 19.5. The van der Waals surface area contributed by atoms with Gasteiger partial charge in [-0.25, -0.2) is 13.4 Å². The number of nitrogens with one attached hydrogen (secondary N) is 1. The quantitative estimate of drug-likeness (QED) is 0.775. The van der Waals surface area contributed by atoms with E-state index in [0.29, 0.717) is 30.3 Å². The normalized spacial score (nSPS) is 15.7. The second kappa shape index (κ2) is 8.62. The second-order valence-electron chi connectivity index (χ2n) is 6.22. The number of pyridine rings is 1. The Morgan fingerprint density at radius 1 is 1.07 bits per heavy atom. The van der Waals surface area contributed by atoms with E-state index in [0.717, 1.165) is 24.8 Å². The Morgan fingerprint density at radius 2 is 1.78 bits per heavy atom. The van der Waals surface area contributed by atoms with Crippen molar-refractivity contribution >= 4 is 15.8 Å². The summed E-state index contributed by atoms with van der Waals surface area (Å²) < 4.78 is 55.3. The lowest BCUT2D eigenvalue weighted by atomic mass is 10.2. The zero-order valence-corrected chi connectivity index (χ0v) is 15.5. The summed E-state index contributed by atoms with van der Waals surface area (Å²) in [6.07, 6.45) is 4.08. The van der Waals surface area contributed by atoms with E-state index in [1.54, 1.807) is 24.3 Å². The first-order valence-electron chi connectivity index (χ1n) is 8.69. The van der Waals surface area contributed by atoms with Crippen LogP contribution in [0.15, 0.2) is 47.5 Å². The van der Waals surface area contributed by atoms with E-state index in [4.69, 9.17) is 0 Å². The van der Waals surface area contributed by atoms with Gasteiger partial charge in [0.2, 0.25) is 10.0 Å². The molecule has 9 heteroatoms. The largest absolute Gasteiger partial charge is 0.433 e. The predicted molar refractivity (Wildman–Crippen MR) is 97.2 cm³/mol.